The van der Waals surface area contributed by atoms with Gasteiger partial charge in [-0.3, -0.25) is 0 Å². The van der Waals surface area contributed by atoms with Crippen molar-refractivity contribution in [2.24, 2.45) is 0 Å². The topological polar surface area (TPSA) is 50.5 Å². The predicted octanol–water partition coefficient (Wildman–Crippen LogP) is 4.01. The third-order valence-corrected chi connectivity index (χ3v) is 7.34. The molecule has 1 aliphatic rings. The van der Waals surface area contributed by atoms with Crippen LogP contribution in [0.15, 0.2) is 40.5 Å². The van der Waals surface area contributed by atoms with E-state index in [0.29, 0.717) is 13.1 Å². The lowest BCUT2D eigenvalue weighted by molar-refractivity contribution is 0.378. The minimum atomic E-state index is -3.28. The largest absolute Gasteiger partial charge is 0.472 e. The van der Waals surface area contributed by atoms with Gasteiger partial charge < -0.3 is 4.42 Å². The van der Waals surface area contributed by atoms with E-state index in [1.807, 2.05) is 23.6 Å². The second-order valence-electron chi connectivity index (χ2n) is 5.78. The average molecular weight is 339 g/mol. The van der Waals surface area contributed by atoms with Gasteiger partial charge in [-0.2, -0.15) is 4.31 Å². The van der Waals surface area contributed by atoms with Gasteiger partial charge in [-0.25, -0.2) is 8.42 Å². The van der Waals surface area contributed by atoms with Crippen molar-refractivity contribution in [2.75, 3.05) is 0 Å². The highest BCUT2D eigenvalue weighted by atomic mass is 32.2. The van der Waals surface area contributed by atoms with Crippen LogP contribution in [0.1, 0.15) is 42.5 Å². The maximum Gasteiger partial charge on any atom is 0.217 e. The van der Waals surface area contributed by atoms with E-state index in [2.05, 4.69) is 0 Å². The molecule has 0 N–H and O–H groups in total. The van der Waals surface area contributed by atoms with Gasteiger partial charge in [0.2, 0.25) is 10.0 Å². The van der Waals surface area contributed by atoms with Gasteiger partial charge in [-0.15, -0.1) is 11.3 Å². The first-order chi connectivity index (χ1) is 10.7. The monoisotopic (exact) mass is 339 g/mol. The predicted molar refractivity (Wildman–Crippen MR) is 88.1 cm³/mol. The molecule has 120 valence electrons. The maximum atomic E-state index is 13.0. The fourth-order valence-corrected chi connectivity index (χ4v) is 5.77. The van der Waals surface area contributed by atoms with Crippen LogP contribution in [0.25, 0.3) is 0 Å². The summed E-state index contributed by atoms with van der Waals surface area (Å²) in [6.07, 6.45) is 7.97. The summed E-state index contributed by atoms with van der Waals surface area (Å²) in [5.41, 5.74) is 0.899. The zero-order valence-corrected chi connectivity index (χ0v) is 14.1. The van der Waals surface area contributed by atoms with E-state index in [4.69, 9.17) is 4.42 Å². The molecule has 2 heterocycles. The number of nitrogens with zero attached hydrogens (tertiary/aromatic N) is 1. The Hall–Kier alpha value is -1.11. The van der Waals surface area contributed by atoms with Crippen molar-refractivity contribution in [3.8, 4) is 0 Å². The van der Waals surface area contributed by atoms with Crippen LogP contribution in [-0.2, 0) is 23.1 Å². The molecule has 2 aromatic heterocycles. The fraction of sp³-hybridized carbons (Fsp3) is 0.500. The van der Waals surface area contributed by atoms with Crippen LogP contribution in [0.3, 0.4) is 0 Å². The summed E-state index contributed by atoms with van der Waals surface area (Å²) < 4.78 is 32.8. The molecule has 3 rings (SSSR count). The molecule has 4 nitrogen and oxygen atoms in total. The van der Waals surface area contributed by atoms with Crippen LogP contribution in [0.4, 0.5) is 0 Å². The first-order valence-electron chi connectivity index (χ1n) is 7.68. The Balaban J connectivity index is 1.82. The Morgan fingerprint density at radius 1 is 1.18 bits per heavy atom. The summed E-state index contributed by atoms with van der Waals surface area (Å²) in [6, 6.07) is 5.78. The van der Waals surface area contributed by atoms with Crippen LogP contribution in [-0.4, -0.2) is 18.0 Å². The SMILES string of the molecule is O=S(=O)(C1CCCCC1)N(Cc1ccoc1)Cc1cccs1. The lowest BCUT2D eigenvalue weighted by Crippen LogP contribution is -2.38. The van der Waals surface area contributed by atoms with Crippen LogP contribution in [0.5, 0.6) is 0 Å². The Kier molecular flexibility index (Phi) is 5.00. The summed E-state index contributed by atoms with van der Waals surface area (Å²) in [5, 5.41) is 1.76. The van der Waals surface area contributed by atoms with Gasteiger partial charge in [0.25, 0.3) is 0 Å². The molecule has 1 fully saturated rings. The molecule has 22 heavy (non-hydrogen) atoms. The van der Waals surface area contributed by atoms with E-state index < -0.39 is 10.0 Å². The molecule has 1 saturated carbocycles. The molecule has 6 heteroatoms. The Labute approximate surface area is 135 Å². The first kappa shape index (κ1) is 15.8. The van der Waals surface area contributed by atoms with E-state index in [-0.39, 0.29) is 5.25 Å². The van der Waals surface area contributed by atoms with Crippen LogP contribution in [0, 0.1) is 0 Å². The minimum absolute atomic E-state index is 0.229. The number of furan rings is 1. The third kappa shape index (κ3) is 3.62. The van der Waals surface area contributed by atoms with Crippen molar-refractivity contribution < 1.29 is 12.8 Å². The van der Waals surface area contributed by atoms with Crippen molar-refractivity contribution in [3.63, 3.8) is 0 Å². The standard InChI is InChI=1S/C16H21NO3S2/c18-22(19,16-6-2-1-3-7-16)17(11-14-8-9-20-13-14)12-15-5-4-10-21-15/h4-5,8-10,13,16H,1-3,6-7,11-12H2. The van der Waals surface area contributed by atoms with Gasteiger partial charge in [0.05, 0.1) is 17.8 Å². The quantitative estimate of drug-likeness (QED) is 0.799. The van der Waals surface area contributed by atoms with E-state index in [1.54, 1.807) is 28.2 Å². The molecule has 0 radical (unpaired) electrons. The molecule has 0 spiro atoms. The molecule has 0 aliphatic heterocycles. The van der Waals surface area contributed by atoms with Gasteiger partial charge in [0.15, 0.2) is 0 Å². The number of sulfonamides is 1. The molecule has 0 atom stereocenters. The van der Waals surface area contributed by atoms with Gasteiger partial charge >= 0.3 is 0 Å². The molecule has 2 aromatic rings. The third-order valence-electron chi connectivity index (χ3n) is 4.18. The maximum absolute atomic E-state index is 13.0. The first-order valence-corrected chi connectivity index (χ1v) is 10.1. The Morgan fingerprint density at radius 3 is 2.64 bits per heavy atom. The summed E-state index contributed by atoms with van der Waals surface area (Å²) in [4.78, 5) is 1.07. The lowest BCUT2D eigenvalue weighted by atomic mass is 10.0. The van der Waals surface area contributed by atoms with Gasteiger partial charge in [-0.05, 0) is 30.4 Å². The van der Waals surface area contributed by atoms with Crippen molar-refractivity contribution >= 4 is 21.4 Å². The second-order valence-corrected chi connectivity index (χ2v) is 9.03. The second kappa shape index (κ2) is 6.98. The molecule has 0 amide bonds. The fourth-order valence-electron chi connectivity index (χ4n) is 2.97. The molecule has 0 aromatic carbocycles. The Morgan fingerprint density at radius 2 is 2.00 bits per heavy atom. The van der Waals surface area contributed by atoms with Crippen molar-refractivity contribution in [3.05, 3.63) is 46.5 Å². The minimum Gasteiger partial charge on any atom is -0.472 e. The number of thiophene rings is 1. The van der Waals surface area contributed by atoms with Crippen molar-refractivity contribution in [1.29, 1.82) is 0 Å². The molecule has 0 unspecified atom stereocenters. The van der Waals surface area contributed by atoms with Gasteiger partial charge in [-0.1, -0.05) is 25.3 Å². The molecule has 1 aliphatic carbocycles. The van der Waals surface area contributed by atoms with E-state index in [1.165, 1.54) is 0 Å². The Bertz CT molecular complexity index is 620. The molecular formula is C16H21NO3S2. The zero-order valence-electron chi connectivity index (χ0n) is 12.5. The number of hydrogen-bond acceptors (Lipinski definition) is 4. The van der Waals surface area contributed by atoms with Crippen LogP contribution < -0.4 is 0 Å². The summed E-state index contributed by atoms with van der Waals surface area (Å²) in [5.74, 6) is 0. The van der Waals surface area contributed by atoms with E-state index >= 15 is 0 Å². The smallest absolute Gasteiger partial charge is 0.217 e. The van der Waals surface area contributed by atoms with Crippen molar-refractivity contribution in [2.45, 2.75) is 50.4 Å². The van der Waals surface area contributed by atoms with Crippen molar-refractivity contribution in [1.82, 2.24) is 4.31 Å². The highest BCUT2D eigenvalue weighted by Gasteiger charge is 2.33. The van der Waals surface area contributed by atoms with Crippen LogP contribution >= 0.6 is 11.3 Å². The van der Waals surface area contributed by atoms with E-state index in [9.17, 15) is 8.42 Å². The highest BCUT2D eigenvalue weighted by Crippen LogP contribution is 2.28. The number of rotatable bonds is 6. The zero-order chi connectivity index (χ0) is 15.4. The van der Waals surface area contributed by atoms with Crippen LogP contribution in [0.2, 0.25) is 0 Å². The van der Waals surface area contributed by atoms with E-state index in [0.717, 1.165) is 42.5 Å². The summed E-state index contributed by atoms with van der Waals surface area (Å²) >= 11 is 1.60. The number of hydrogen-bond donors (Lipinski definition) is 0. The summed E-state index contributed by atoms with van der Waals surface area (Å²) in [6.45, 7) is 0.828. The molecule has 0 bridgehead atoms. The summed E-state index contributed by atoms with van der Waals surface area (Å²) in [7, 11) is -3.28. The van der Waals surface area contributed by atoms with Gasteiger partial charge in [0, 0.05) is 23.5 Å². The lowest BCUT2D eigenvalue weighted by Gasteiger charge is -2.29. The van der Waals surface area contributed by atoms with Gasteiger partial charge in [0.1, 0.15) is 0 Å². The highest BCUT2D eigenvalue weighted by molar-refractivity contribution is 7.89. The molecule has 0 saturated heterocycles. The normalized spacial score (nSPS) is 17.1. The molecular weight excluding hydrogens is 318 g/mol. The average Bonchev–Trinajstić information content (AvgIpc) is 3.21.